The van der Waals surface area contributed by atoms with E-state index in [9.17, 15) is 15.0 Å². The minimum Gasteiger partial charge on any atom is -0.480 e. The zero-order chi connectivity index (χ0) is 15.0. The number of likely N-dealkylation sites (tertiary alicyclic amines) is 1. The van der Waals surface area contributed by atoms with Gasteiger partial charge >= 0.3 is 5.97 Å². The maximum atomic E-state index is 11.2. The number of oxazole rings is 1. The van der Waals surface area contributed by atoms with Crippen LogP contribution in [0.3, 0.4) is 0 Å². The Labute approximate surface area is 125 Å². The van der Waals surface area contributed by atoms with Crippen molar-refractivity contribution in [2.75, 3.05) is 6.54 Å². The highest BCUT2D eigenvalue weighted by atomic mass is 32.1. The fourth-order valence-corrected chi connectivity index (χ4v) is 3.23. The molecular formula is C14H16N2O4S. The van der Waals surface area contributed by atoms with Gasteiger partial charge in [0.25, 0.3) is 0 Å². The average molecular weight is 308 g/mol. The molecule has 0 spiro atoms. The summed E-state index contributed by atoms with van der Waals surface area (Å²) in [4.78, 5) is 18.4. The van der Waals surface area contributed by atoms with Crippen LogP contribution in [0.15, 0.2) is 21.9 Å². The van der Waals surface area contributed by atoms with Crippen molar-refractivity contribution >= 4 is 17.3 Å². The summed E-state index contributed by atoms with van der Waals surface area (Å²) in [5, 5.41) is 20.8. The molecule has 2 N–H and O–H groups in total. The first-order valence-corrected chi connectivity index (χ1v) is 7.57. The highest BCUT2D eigenvalue weighted by Crippen LogP contribution is 2.28. The predicted molar refractivity (Wildman–Crippen MR) is 77.0 cm³/mol. The zero-order valence-electron chi connectivity index (χ0n) is 11.5. The molecule has 1 aliphatic heterocycles. The van der Waals surface area contributed by atoms with E-state index < -0.39 is 18.1 Å². The number of aryl methyl sites for hydroxylation is 1. The number of carbonyl (C=O) groups is 1. The molecule has 1 saturated heterocycles. The topological polar surface area (TPSA) is 86.8 Å². The summed E-state index contributed by atoms with van der Waals surface area (Å²) < 4.78 is 5.65. The highest BCUT2D eigenvalue weighted by Gasteiger charge is 2.36. The van der Waals surface area contributed by atoms with Crippen LogP contribution in [0.4, 0.5) is 0 Å². The molecule has 112 valence electrons. The van der Waals surface area contributed by atoms with Gasteiger partial charge in [0.15, 0.2) is 0 Å². The van der Waals surface area contributed by atoms with E-state index in [0.29, 0.717) is 24.7 Å². The maximum Gasteiger partial charge on any atom is 0.321 e. The molecule has 0 bridgehead atoms. The summed E-state index contributed by atoms with van der Waals surface area (Å²) in [5.41, 5.74) is 0.721. The minimum atomic E-state index is -0.911. The monoisotopic (exact) mass is 308 g/mol. The number of β-amino-alcohol motifs (C(OH)–C–C–N with tert-alkyl or cyclic N) is 1. The zero-order valence-corrected chi connectivity index (χ0v) is 12.3. The smallest absolute Gasteiger partial charge is 0.321 e. The number of thiophene rings is 1. The van der Waals surface area contributed by atoms with Crippen LogP contribution in [0.1, 0.15) is 17.9 Å². The summed E-state index contributed by atoms with van der Waals surface area (Å²) in [6.45, 7) is 2.54. The lowest BCUT2D eigenvalue weighted by Gasteiger charge is -2.19. The van der Waals surface area contributed by atoms with Crippen molar-refractivity contribution < 1.29 is 19.4 Å². The third-order valence-electron chi connectivity index (χ3n) is 3.64. The van der Waals surface area contributed by atoms with E-state index in [0.717, 1.165) is 10.6 Å². The SMILES string of the molecule is Cc1oc(-c2cccs2)nc1CN1CC(O)CC1C(=O)O. The van der Waals surface area contributed by atoms with Crippen molar-refractivity contribution in [2.24, 2.45) is 0 Å². The Morgan fingerprint density at radius 1 is 1.62 bits per heavy atom. The number of aliphatic hydroxyl groups excluding tert-OH is 1. The van der Waals surface area contributed by atoms with E-state index in [4.69, 9.17) is 4.42 Å². The van der Waals surface area contributed by atoms with Crippen molar-refractivity contribution in [1.29, 1.82) is 0 Å². The molecular weight excluding hydrogens is 292 g/mol. The molecule has 7 heteroatoms. The molecule has 1 fully saturated rings. The Hall–Kier alpha value is -1.70. The molecule has 2 atom stereocenters. The summed E-state index contributed by atoms with van der Waals surface area (Å²) in [6, 6.07) is 3.19. The second-order valence-electron chi connectivity index (χ2n) is 5.17. The molecule has 0 aromatic carbocycles. The molecule has 1 aliphatic rings. The molecule has 2 aromatic rings. The number of aliphatic carboxylic acids is 1. The van der Waals surface area contributed by atoms with Crippen LogP contribution >= 0.6 is 11.3 Å². The first-order valence-electron chi connectivity index (χ1n) is 6.69. The molecule has 21 heavy (non-hydrogen) atoms. The van der Waals surface area contributed by atoms with Gasteiger partial charge in [0.1, 0.15) is 11.8 Å². The normalized spacial score (nSPS) is 22.8. The Morgan fingerprint density at radius 2 is 2.43 bits per heavy atom. The van der Waals surface area contributed by atoms with Gasteiger partial charge in [-0.2, -0.15) is 0 Å². The lowest BCUT2D eigenvalue weighted by atomic mass is 10.2. The fraction of sp³-hybridized carbons (Fsp3) is 0.429. The third-order valence-corrected chi connectivity index (χ3v) is 4.50. The predicted octanol–water partition coefficient (Wildman–Crippen LogP) is 1.73. The largest absolute Gasteiger partial charge is 0.480 e. The lowest BCUT2D eigenvalue weighted by Crippen LogP contribution is -2.35. The van der Waals surface area contributed by atoms with E-state index in [1.807, 2.05) is 24.4 Å². The van der Waals surface area contributed by atoms with Crippen molar-refractivity contribution in [3.8, 4) is 10.8 Å². The van der Waals surface area contributed by atoms with Crippen LogP contribution in [0.2, 0.25) is 0 Å². The molecule has 0 radical (unpaired) electrons. The summed E-state index contributed by atoms with van der Waals surface area (Å²) in [5.74, 6) is 0.333. The van der Waals surface area contributed by atoms with Gasteiger partial charge in [-0.05, 0) is 18.4 Å². The second kappa shape index (κ2) is 5.59. The van der Waals surface area contributed by atoms with Crippen LogP contribution in [-0.4, -0.2) is 44.8 Å². The van der Waals surface area contributed by atoms with Crippen molar-refractivity contribution in [3.05, 3.63) is 29.0 Å². The van der Waals surface area contributed by atoms with E-state index in [-0.39, 0.29) is 6.42 Å². The Morgan fingerprint density at radius 3 is 3.10 bits per heavy atom. The van der Waals surface area contributed by atoms with Crippen molar-refractivity contribution in [1.82, 2.24) is 9.88 Å². The number of carboxylic acids is 1. The first-order chi connectivity index (χ1) is 10.0. The summed E-state index contributed by atoms with van der Waals surface area (Å²) in [6.07, 6.45) is -0.348. The number of hydrogen-bond acceptors (Lipinski definition) is 6. The van der Waals surface area contributed by atoms with Crippen LogP contribution < -0.4 is 0 Å². The van der Waals surface area contributed by atoms with Gasteiger partial charge in [0.05, 0.1) is 16.7 Å². The fourth-order valence-electron chi connectivity index (χ4n) is 2.58. The maximum absolute atomic E-state index is 11.2. The van der Waals surface area contributed by atoms with Gasteiger partial charge < -0.3 is 14.6 Å². The summed E-state index contributed by atoms with van der Waals surface area (Å²) in [7, 11) is 0. The van der Waals surface area contributed by atoms with E-state index in [1.165, 1.54) is 0 Å². The third kappa shape index (κ3) is 2.85. The van der Waals surface area contributed by atoms with E-state index in [2.05, 4.69) is 4.98 Å². The molecule has 0 amide bonds. The van der Waals surface area contributed by atoms with Gasteiger partial charge in [-0.1, -0.05) is 6.07 Å². The number of nitrogens with zero attached hydrogens (tertiary/aromatic N) is 2. The molecule has 3 rings (SSSR count). The van der Waals surface area contributed by atoms with E-state index in [1.54, 1.807) is 16.2 Å². The number of carboxylic acid groups (broad SMARTS) is 1. The van der Waals surface area contributed by atoms with Gasteiger partial charge in [-0.3, -0.25) is 9.69 Å². The van der Waals surface area contributed by atoms with Crippen LogP contribution in [0.25, 0.3) is 10.8 Å². The van der Waals surface area contributed by atoms with Gasteiger partial charge in [0.2, 0.25) is 5.89 Å². The molecule has 0 aliphatic carbocycles. The van der Waals surface area contributed by atoms with Crippen molar-refractivity contribution in [2.45, 2.75) is 32.0 Å². The number of aromatic nitrogens is 1. The number of aliphatic hydroxyl groups is 1. The molecule has 3 heterocycles. The summed E-state index contributed by atoms with van der Waals surface area (Å²) >= 11 is 1.54. The van der Waals surface area contributed by atoms with Crippen LogP contribution in [0.5, 0.6) is 0 Å². The highest BCUT2D eigenvalue weighted by molar-refractivity contribution is 7.13. The average Bonchev–Trinajstić information content (AvgIpc) is 3.11. The van der Waals surface area contributed by atoms with Crippen LogP contribution in [-0.2, 0) is 11.3 Å². The number of rotatable bonds is 4. The molecule has 2 aromatic heterocycles. The van der Waals surface area contributed by atoms with Gasteiger partial charge in [-0.15, -0.1) is 11.3 Å². The molecule has 6 nitrogen and oxygen atoms in total. The molecule has 0 saturated carbocycles. The minimum absolute atomic E-state index is 0.254. The van der Waals surface area contributed by atoms with Gasteiger partial charge in [0, 0.05) is 19.5 Å². The van der Waals surface area contributed by atoms with Crippen molar-refractivity contribution in [3.63, 3.8) is 0 Å². The Kier molecular flexibility index (Phi) is 3.79. The van der Waals surface area contributed by atoms with E-state index >= 15 is 0 Å². The first kappa shape index (κ1) is 14.2. The lowest BCUT2D eigenvalue weighted by molar-refractivity contribution is -0.142. The Balaban J connectivity index is 1.80. The number of hydrogen-bond donors (Lipinski definition) is 2. The Bertz CT molecular complexity index is 637. The standard InChI is InChI=1S/C14H16N2O4S/c1-8-10(15-13(20-8)12-3-2-4-21-12)7-16-6-9(17)5-11(16)14(18)19/h2-4,9,11,17H,5-7H2,1H3,(H,18,19). The molecule has 2 unspecified atom stereocenters. The quantitative estimate of drug-likeness (QED) is 0.894. The van der Waals surface area contributed by atoms with Gasteiger partial charge in [-0.25, -0.2) is 4.98 Å². The second-order valence-corrected chi connectivity index (χ2v) is 6.12. The van der Waals surface area contributed by atoms with Crippen LogP contribution in [0, 0.1) is 6.92 Å².